The number of rotatable bonds is 11. The van der Waals surface area contributed by atoms with Gasteiger partial charge in [0.2, 0.25) is 15.9 Å². The molecule has 1 aliphatic heterocycles. The van der Waals surface area contributed by atoms with Crippen LogP contribution in [-0.4, -0.2) is 70.9 Å². The van der Waals surface area contributed by atoms with E-state index in [1.807, 2.05) is 39.2 Å². The van der Waals surface area contributed by atoms with Crippen molar-refractivity contribution in [2.24, 2.45) is 0 Å². The summed E-state index contributed by atoms with van der Waals surface area (Å²) in [7, 11) is 1.92. The van der Waals surface area contributed by atoms with Crippen molar-refractivity contribution in [3.63, 3.8) is 0 Å². The molecule has 0 spiro atoms. The third-order valence-corrected chi connectivity index (χ3v) is 6.66. The number of sulfonamides is 1. The topological polar surface area (TPSA) is 101 Å². The number of methoxy groups -OCH3 is 1. The summed E-state index contributed by atoms with van der Waals surface area (Å²) in [6.07, 6.45) is 3.78. The molecule has 1 aromatic carbocycles. The molecule has 180 valence electrons. The molecule has 0 radical (unpaired) electrons. The van der Waals surface area contributed by atoms with E-state index in [-0.39, 0.29) is 29.8 Å². The second-order valence-corrected chi connectivity index (χ2v) is 10.1. The van der Waals surface area contributed by atoms with Crippen LogP contribution >= 0.6 is 0 Å². The summed E-state index contributed by atoms with van der Waals surface area (Å²) in [6, 6.07) is 7.26. The maximum absolute atomic E-state index is 12.5. The number of ether oxygens (including phenoxy) is 2. The average molecular weight is 477 g/mol. The van der Waals surface area contributed by atoms with Crippen LogP contribution in [0.3, 0.4) is 0 Å². The van der Waals surface area contributed by atoms with Crippen LogP contribution in [0, 0.1) is 0 Å². The quantitative estimate of drug-likeness (QED) is 0.532. The molecule has 2 heterocycles. The summed E-state index contributed by atoms with van der Waals surface area (Å²) >= 11 is 0. The molecule has 2 aromatic rings. The Morgan fingerprint density at radius 3 is 2.70 bits per heavy atom. The summed E-state index contributed by atoms with van der Waals surface area (Å²) in [5, 5.41) is 0. The SMILES string of the molecule is CCCCS(=O)(=O)Nc1cc(-c2ccc3c(c2)N(CCCN(C)C)C(=O)CO3)cnc1OC. The lowest BCUT2D eigenvalue weighted by atomic mass is 10.0. The van der Waals surface area contributed by atoms with Gasteiger partial charge in [0.1, 0.15) is 11.4 Å². The van der Waals surface area contributed by atoms with E-state index in [2.05, 4.69) is 14.6 Å². The van der Waals surface area contributed by atoms with Gasteiger partial charge >= 0.3 is 0 Å². The number of carbonyl (C=O) groups excluding carboxylic acids is 1. The van der Waals surface area contributed by atoms with Gasteiger partial charge in [-0.3, -0.25) is 9.52 Å². The Labute approximate surface area is 195 Å². The zero-order valence-electron chi connectivity index (χ0n) is 19.6. The lowest BCUT2D eigenvalue weighted by Gasteiger charge is -2.30. The van der Waals surface area contributed by atoms with Gasteiger partial charge in [0, 0.05) is 18.3 Å². The highest BCUT2D eigenvalue weighted by Gasteiger charge is 2.26. The largest absolute Gasteiger partial charge is 0.482 e. The van der Waals surface area contributed by atoms with E-state index in [1.165, 1.54) is 7.11 Å². The molecule has 1 amide bonds. The highest BCUT2D eigenvalue weighted by molar-refractivity contribution is 7.92. The van der Waals surface area contributed by atoms with Crippen LogP contribution < -0.4 is 19.1 Å². The summed E-state index contributed by atoms with van der Waals surface area (Å²) < 4.78 is 38.3. The van der Waals surface area contributed by atoms with E-state index in [0.717, 1.165) is 24.9 Å². The van der Waals surface area contributed by atoms with E-state index < -0.39 is 10.0 Å². The molecule has 0 unspecified atom stereocenters. The van der Waals surface area contributed by atoms with Crippen molar-refractivity contribution < 1.29 is 22.7 Å². The third-order valence-electron chi connectivity index (χ3n) is 5.30. The third kappa shape index (κ3) is 6.35. The van der Waals surface area contributed by atoms with Crippen LogP contribution in [0.1, 0.15) is 26.2 Å². The fourth-order valence-corrected chi connectivity index (χ4v) is 4.82. The first-order valence-electron chi connectivity index (χ1n) is 11.0. The minimum absolute atomic E-state index is 0.0160. The zero-order valence-corrected chi connectivity index (χ0v) is 20.4. The first-order chi connectivity index (χ1) is 15.7. The molecule has 3 rings (SSSR count). The molecule has 0 bridgehead atoms. The van der Waals surface area contributed by atoms with Gasteiger partial charge in [-0.2, -0.15) is 0 Å². The van der Waals surface area contributed by atoms with E-state index in [4.69, 9.17) is 9.47 Å². The van der Waals surface area contributed by atoms with Gasteiger partial charge in [0.25, 0.3) is 5.91 Å². The van der Waals surface area contributed by atoms with Crippen molar-refractivity contribution >= 4 is 27.3 Å². The fraction of sp³-hybridized carbons (Fsp3) is 0.478. The minimum Gasteiger partial charge on any atom is -0.482 e. The molecular weight excluding hydrogens is 444 g/mol. The Hall–Kier alpha value is -2.85. The zero-order chi connectivity index (χ0) is 24.0. The van der Waals surface area contributed by atoms with Gasteiger partial charge < -0.3 is 19.3 Å². The van der Waals surface area contributed by atoms with Crippen LogP contribution in [0.2, 0.25) is 0 Å². The molecule has 0 aliphatic carbocycles. The number of unbranched alkanes of at least 4 members (excludes halogenated alkanes) is 1. The number of benzene rings is 1. The van der Waals surface area contributed by atoms with Gasteiger partial charge in [-0.15, -0.1) is 0 Å². The van der Waals surface area contributed by atoms with Crippen molar-refractivity contribution in [3.8, 4) is 22.8 Å². The van der Waals surface area contributed by atoms with Crippen molar-refractivity contribution in [3.05, 3.63) is 30.5 Å². The second kappa shape index (κ2) is 10.8. The van der Waals surface area contributed by atoms with E-state index in [1.54, 1.807) is 17.2 Å². The number of hydrogen-bond donors (Lipinski definition) is 1. The molecule has 1 N–H and O–H groups in total. The number of anilines is 2. The van der Waals surface area contributed by atoms with Crippen molar-refractivity contribution in [1.29, 1.82) is 0 Å². The first-order valence-corrected chi connectivity index (χ1v) is 12.7. The predicted molar refractivity (Wildman–Crippen MR) is 130 cm³/mol. The van der Waals surface area contributed by atoms with Gasteiger partial charge in [-0.05, 0) is 57.2 Å². The number of carbonyl (C=O) groups is 1. The van der Waals surface area contributed by atoms with Crippen molar-refractivity contribution in [1.82, 2.24) is 9.88 Å². The summed E-state index contributed by atoms with van der Waals surface area (Å²) in [4.78, 5) is 20.7. The van der Waals surface area contributed by atoms with Crippen molar-refractivity contribution in [2.45, 2.75) is 26.2 Å². The maximum Gasteiger partial charge on any atom is 0.265 e. The van der Waals surface area contributed by atoms with Gasteiger partial charge in [0.15, 0.2) is 6.61 Å². The number of amides is 1. The molecule has 9 nitrogen and oxygen atoms in total. The van der Waals surface area contributed by atoms with Crippen molar-refractivity contribution in [2.75, 3.05) is 56.3 Å². The average Bonchev–Trinajstić information content (AvgIpc) is 2.78. The maximum atomic E-state index is 12.5. The second-order valence-electron chi connectivity index (χ2n) is 8.23. The van der Waals surface area contributed by atoms with Gasteiger partial charge in [-0.1, -0.05) is 19.4 Å². The fourth-order valence-electron chi connectivity index (χ4n) is 3.57. The Morgan fingerprint density at radius 1 is 1.21 bits per heavy atom. The van der Waals surface area contributed by atoms with Crippen LogP contribution in [-0.2, 0) is 14.8 Å². The molecule has 0 atom stereocenters. The number of pyridine rings is 1. The summed E-state index contributed by atoms with van der Waals surface area (Å²) in [5.41, 5.74) is 2.45. The number of nitrogens with one attached hydrogen (secondary N) is 1. The Bertz CT molecular complexity index is 1090. The summed E-state index contributed by atoms with van der Waals surface area (Å²) in [6.45, 7) is 3.40. The van der Waals surface area contributed by atoms with E-state index in [0.29, 0.717) is 30.0 Å². The molecule has 0 fully saturated rings. The lowest BCUT2D eigenvalue weighted by Crippen LogP contribution is -2.40. The van der Waals surface area contributed by atoms with Crippen LogP contribution in [0.5, 0.6) is 11.6 Å². The van der Waals surface area contributed by atoms with Crippen LogP contribution in [0.15, 0.2) is 30.5 Å². The first kappa shape index (κ1) is 24.8. The monoisotopic (exact) mass is 476 g/mol. The molecular formula is C23H32N4O5S. The van der Waals surface area contributed by atoms with E-state index in [9.17, 15) is 13.2 Å². The predicted octanol–water partition coefficient (Wildman–Crippen LogP) is 2.98. The van der Waals surface area contributed by atoms with E-state index >= 15 is 0 Å². The summed E-state index contributed by atoms with van der Waals surface area (Å²) in [5.74, 6) is 0.776. The molecule has 33 heavy (non-hydrogen) atoms. The molecule has 0 saturated heterocycles. The normalized spacial score (nSPS) is 13.6. The standard InChI is InChI=1S/C23H32N4O5S/c1-5-6-12-33(29,30)25-19-13-18(15-24-23(19)31-4)17-8-9-21-20(14-17)27(22(28)16-32-21)11-7-10-26(2)3/h8-9,13-15,25H,5-7,10-12,16H2,1-4H3. The number of nitrogens with zero attached hydrogens (tertiary/aromatic N) is 3. The Kier molecular flexibility index (Phi) is 8.15. The smallest absolute Gasteiger partial charge is 0.265 e. The molecule has 10 heteroatoms. The highest BCUT2D eigenvalue weighted by Crippen LogP contribution is 2.37. The van der Waals surface area contributed by atoms with Gasteiger partial charge in [-0.25, -0.2) is 13.4 Å². The molecule has 1 aromatic heterocycles. The lowest BCUT2D eigenvalue weighted by molar-refractivity contribution is -0.121. The minimum atomic E-state index is -3.52. The number of fused-ring (bicyclic) bond motifs is 1. The number of aromatic nitrogens is 1. The molecule has 0 saturated carbocycles. The Morgan fingerprint density at radius 2 is 2.00 bits per heavy atom. The Balaban J connectivity index is 1.92. The van der Waals surface area contributed by atoms with Crippen LogP contribution in [0.4, 0.5) is 11.4 Å². The van der Waals surface area contributed by atoms with Gasteiger partial charge in [0.05, 0.1) is 18.6 Å². The van der Waals surface area contributed by atoms with Crippen LogP contribution in [0.25, 0.3) is 11.1 Å². The highest BCUT2D eigenvalue weighted by atomic mass is 32.2. The molecule has 1 aliphatic rings. The number of hydrogen-bond acceptors (Lipinski definition) is 7.